The van der Waals surface area contributed by atoms with Gasteiger partial charge in [0.2, 0.25) is 0 Å². The molecule has 1 fully saturated rings. The number of carbonyl (C=O) groups is 1. The van der Waals surface area contributed by atoms with Gasteiger partial charge in [0.25, 0.3) is 5.91 Å². The standard InChI is InChI=1S/C16H23NO2/c1-11-4-8-14(9-5-11)17(3)16(19)13-7-6-12(2)15(18)10-13/h6-7,10-11,14,18H,4-5,8-9H2,1-3H3. The van der Waals surface area contributed by atoms with Gasteiger partial charge in [0, 0.05) is 18.7 Å². The minimum Gasteiger partial charge on any atom is -0.508 e. The van der Waals surface area contributed by atoms with E-state index in [0.717, 1.165) is 24.3 Å². The molecule has 0 saturated heterocycles. The van der Waals surface area contributed by atoms with Crippen LogP contribution in [0.1, 0.15) is 48.5 Å². The lowest BCUT2D eigenvalue weighted by Gasteiger charge is -2.33. The molecule has 1 saturated carbocycles. The molecule has 19 heavy (non-hydrogen) atoms. The van der Waals surface area contributed by atoms with Crippen molar-refractivity contribution in [1.82, 2.24) is 4.90 Å². The molecule has 1 aromatic carbocycles. The van der Waals surface area contributed by atoms with Gasteiger partial charge in [-0.05, 0) is 56.2 Å². The van der Waals surface area contributed by atoms with Crippen LogP contribution >= 0.6 is 0 Å². The van der Waals surface area contributed by atoms with Crippen LogP contribution < -0.4 is 0 Å². The lowest BCUT2D eigenvalue weighted by atomic mass is 9.86. The molecule has 1 N–H and O–H groups in total. The molecule has 0 radical (unpaired) electrons. The van der Waals surface area contributed by atoms with E-state index in [2.05, 4.69) is 6.92 Å². The van der Waals surface area contributed by atoms with Crippen molar-refractivity contribution in [2.75, 3.05) is 7.05 Å². The van der Waals surface area contributed by atoms with Crippen LogP contribution in [0.5, 0.6) is 5.75 Å². The van der Waals surface area contributed by atoms with Crippen molar-refractivity contribution in [2.45, 2.75) is 45.6 Å². The molecule has 3 nitrogen and oxygen atoms in total. The number of amides is 1. The van der Waals surface area contributed by atoms with E-state index in [1.807, 2.05) is 18.9 Å². The van der Waals surface area contributed by atoms with Gasteiger partial charge >= 0.3 is 0 Å². The zero-order valence-electron chi connectivity index (χ0n) is 12.0. The van der Waals surface area contributed by atoms with Crippen LogP contribution in [0.3, 0.4) is 0 Å². The average Bonchev–Trinajstić information content (AvgIpc) is 2.41. The fourth-order valence-corrected chi connectivity index (χ4v) is 2.74. The molecule has 0 atom stereocenters. The van der Waals surface area contributed by atoms with E-state index >= 15 is 0 Å². The SMILES string of the molecule is Cc1ccc(C(=O)N(C)C2CCC(C)CC2)cc1O. The second-order valence-corrected chi connectivity index (χ2v) is 5.83. The number of carbonyl (C=O) groups excluding carboxylic acids is 1. The summed E-state index contributed by atoms with van der Waals surface area (Å²) in [6.07, 6.45) is 4.56. The highest BCUT2D eigenvalue weighted by molar-refractivity contribution is 5.94. The Morgan fingerprint density at radius 2 is 1.89 bits per heavy atom. The van der Waals surface area contributed by atoms with E-state index in [1.54, 1.807) is 18.2 Å². The molecule has 1 aliphatic carbocycles. The molecule has 3 heteroatoms. The fraction of sp³-hybridized carbons (Fsp3) is 0.562. The average molecular weight is 261 g/mol. The van der Waals surface area contributed by atoms with Gasteiger partial charge in [-0.25, -0.2) is 0 Å². The maximum atomic E-state index is 12.4. The summed E-state index contributed by atoms with van der Waals surface area (Å²) in [5, 5.41) is 9.71. The highest BCUT2D eigenvalue weighted by Gasteiger charge is 2.25. The van der Waals surface area contributed by atoms with E-state index < -0.39 is 0 Å². The third-order valence-electron chi connectivity index (χ3n) is 4.31. The van der Waals surface area contributed by atoms with Crippen LogP contribution in [0.15, 0.2) is 18.2 Å². The Morgan fingerprint density at radius 1 is 1.26 bits per heavy atom. The van der Waals surface area contributed by atoms with Crippen molar-refractivity contribution in [3.63, 3.8) is 0 Å². The van der Waals surface area contributed by atoms with Crippen LogP contribution in [-0.4, -0.2) is 29.0 Å². The summed E-state index contributed by atoms with van der Waals surface area (Å²) in [5.41, 5.74) is 1.37. The normalized spacial score (nSPS) is 23.1. The lowest BCUT2D eigenvalue weighted by molar-refractivity contribution is 0.0679. The molecule has 1 aliphatic rings. The van der Waals surface area contributed by atoms with Crippen molar-refractivity contribution in [2.24, 2.45) is 5.92 Å². The number of rotatable bonds is 2. The zero-order valence-corrected chi connectivity index (χ0v) is 12.0. The van der Waals surface area contributed by atoms with Gasteiger partial charge in [-0.15, -0.1) is 0 Å². The lowest BCUT2D eigenvalue weighted by Crippen LogP contribution is -2.39. The third kappa shape index (κ3) is 3.09. The van der Waals surface area contributed by atoms with E-state index in [4.69, 9.17) is 0 Å². The Kier molecular flexibility index (Phi) is 4.13. The van der Waals surface area contributed by atoms with Crippen LogP contribution in [0, 0.1) is 12.8 Å². The minimum absolute atomic E-state index is 0.00912. The molecule has 1 amide bonds. The highest BCUT2D eigenvalue weighted by atomic mass is 16.3. The summed E-state index contributed by atoms with van der Waals surface area (Å²) < 4.78 is 0. The molecule has 1 aromatic rings. The number of hydrogen-bond donors (Lipinski definition) is 1. The van der Waals surface area contributed by atoms with Crippen molar-refractivity contribution < 1.29 is 9.90 Å². The van der Waals surface area contributed by atoms with Gasteiger partial charge in [-0.1, -0.05) is 13.0 Å². The van der Waals surface area contributed by atoms with E-state index in [1.165, 1.54) is 12.8 Å². The molecule has 0 aliphatic heterocycles. The van der Waals surface area contributed by atoms with E-state index in [0.29, 0.717) is 11.6 Å². The van der Waals surface area contributed by atoms with Crippen molar-refractivity contribution in [3.8, 4) is 5.75 Å². The molecule has 0 spiro atoms. The summed E-state index contributed by atoms with van der Waals surface area (Å²) in [4.78, 5) is 14.2. The molecule has 0 aromatic heterocycles. The monoisotopic (exact) mass is 261 g/mol. The summed E-state index contributed by atoms with van der Waals surface area (Å²) in [7, 11) is 1.87. The Bertz CT molecular complexity index is 462. The number of aromatic hydroxyl groups is 1. The molecule has 0 bridgehead atoms. The molecular weight excluding hydrogens is 238 g/mol. The summed E-state index contributed by atoms with van der Waals surface area (Å²) in [6.45, 7) is 4.10. The first-order valence-corrected chi connectivity index (χ1v) is 7.06. The number of benzene rings is 1. The first-order chi connectivity index (χ1) is 8.99. The maximum Gasteiger partial charge on any atom is 0.253 e. The molecule has 0 heterocycles. The van der Waals surface area contributed by atoms with Crippen LogP contribution in [-0.2, 0) is 0 Å². The van der Waals surface area contributed by atoms with Gasteiger partial charge in [-0.2, -0.15) is 0 Å². The molecule has 104 valence electrons. The third-order valence-corrected chi connectivity index (χ3v) is 4.31. The number of aryl methyl sites for hydroxylation is 1. The summed E-state index contributed by atoms with van der Waals surface area (Å²) >= 11 is 0. The Labute approximate surface area is 115 Å². The van der Waals surface area contributed by atoms with Crippen LogP contribution in [0.25, 0.3) is 0 Å². The van der Waals surface area contributed by atoms with Gasteiger partial charge in [0.1, 0.15) is 5.75 Å². The second-order valence-electron chi connectivity index (χ2n) is 5.83. The zero-order chi connectivity index (χ0) is 14.0. The first-order valence-electron chi connectivity index (χ1n) is 7.06. The van der Waals surface area contributed by atoms with Crippen LogP contribution in [0.4, 0.5) is 0 Å². The topological polar surface area (TPSA) is 40.5 Å². The molecule has 2 rings (SSSR count). The highest BCUT2D eigenvalue weighted by Crippen LogP contribution is 2.27. The van der Waals surface area contributed by atoms with E-state index in [-0.39, 0.29) is 11.7 Å². The van der Waals surface area contributed by atoms with Crippen LogP contribution in [0.2, 0.25) is 0 Å². The number of phenolic OH excluding ortho intramolecular Hbond substituents is 1. The van der Waals surface area contributed by atoms with Gasteiger partial charge in [-0.3, -0.25) is 4.79 Å². The Balaban J connectivity index is 2.08. The Morgan fingerprint density at radius 3 is 2.47 bits per heavy atom. The quantitative estimate of drug-likeness (QED) is 0.887. The van der Waals surface area contributed by atoms with Gasteiger partial charge in [0.15, 0.2) is 0 Å². The predicted octanol–water partition coefficient (Wildman–Crippen LogP) is 3.35. The second kappa shape index (κ2) is 5.64. The minimum atomic E-state index is 0.00912. The number of hydrogen-bond acceptors (Lipinski definition) is 2. The summed E-state index contributed by atoms with van der Waals surface area (Å²) in [6, 6.07) is 5.49. The first kappa shape index (κ1) is 13.9. The number of nitrogens with zero attached hydrogens (tertiary/aromatic N) is 1. The van der Waals surface area contributed by atoms with Gasteiger partial charge in [0.05, 0.1) is 0 Å². The summed E-state index contributed by atoms with van der Waals surface area (Å²) in [5.74, 6) is 0.981. The maximum absolute atomic E-state index is 12.4. The van der Waals surface area contributed by atoms with Crippen molar-refractivity contribution in [1.29, 1.82) is 0 Å². The van der Waals surface area contributed by atoms with Crippen molar-refractivity contribution >= 4 is 5.91 Å². The van der Waals surface area contributed by atoms with Crippen molar-refractivity contribution in [3.05, 3.63) is 29.3 Å². The van der Waals surface area contributed by atoms with E-state index in [9.17, 15) is 9.90 Å². The van der Waals surface area contributed by atoms with Gasteiger partial charge < -0.3 is 10.0 Å². The molecular formula is C16H23NO2. The molecule has 0 unspecified atom stereocenters. The largest absolute Gasteiger partial charge is 0.508 e. The predicted molar refractivity (Wildman–Crippen MR) is 76.4 cm³/mol. The smallest absolute Gasteiger partial charge is 0.253 e. The number of phenols is 1. The fourth-order valence-electron chi connectivity index (χ4n) is 2.74. The Hall–Kier alpha value is -1.51.